The van der Waals surface area contributed by atoms with E-state index in [1.54, 1.807) is 18.2 Å². The van der Waals surface area contributed by atoms with Crippen molar-refractivity contribution in [1.82, 2.24) is 0 Å². The normalized spacial score (nSPS) is 13.5. The van der Waals surface area contributed by atoms with Crippen molar-refractivity contribution >= 4 is 17.4 Å². The molecule has 1 aromatic rings. The number of anilines is 1. The molecule has 0 bridgehead atoms. The van der Waals surface area contributed by atoms with Crippen LogP contribution in [-0.4, -0.2) is 18.2 Å². The molecule has 0 saturated heterocycles. The van der Waals surface area contributed by atoms with Gasteiger partial charge in [-0.3, -0.25) is 9.59 Å². The third-order valence-electron chi connectivity index (χ3n) is 2.42. The summed E-state index contributed by atoms with van der Waals surface area (Å²) in [6.45, 7) is 0.354. The zero-order valence-electron chi connectivity index (χ0n) is 8.25. The minimum absolute atomic E-state index is 0.0200. The average Bonchev–Trinajstić information content (AvgIpc) is 2.57. The molecular weight excluding hydrogens is 192 g/mol. The Morgan fingerprint density at radius 1 is 1.47 bits per heavy atom. The van der Waals surface area contributed by atoms with Crippen molar-refractivity contribution in [2.24, 2.45) is 5.73 Å². The first-order chi connectivity index (χ1) is 7.20. The first kappa shape index (κ1) is 9.86. The summed E-state index contributed by atoms with van der Waals surface area (Å²) in [5.74, 6) is 0.00747. The molecule has 0 fully saturated rings. The van der Waals surface area contributed by atoms with Gasteiger partial charge in [-0.05, 0) is 30.3 Å². The predicted molar refractivity (Wildman–Crippen MR) is 56.8 cm³/mol. The Kier molecular flexibility index (Phi) is 2.51. The molecule has 1 aliphatic heterocycles. The van der Waals surface area contributed by atoms with Crippen LogP contribution >= 0.6 is 0 Å². The van der Waals surface area contributed by atoms with Gasteiger partial charge < -0.3 is 11.1 Å². The van der Waals surface area contributed by atoms with E-state index < -0.39 is 0 Å². The maximum atomic E-state index is 11.5. The van der Waals surface area contributed by atoms with E-state index in [2.05, 4.69) is 5.32 Å². The highest BCUT2D eigenvalue weighted by Crippen LogP contribution is 2.24. The highest BCUT2D eigenvalue weighted by Gasteiger charge is 2.18. The fourth-order valence-electron chi connectivity index (χ4n) is 1.68. The Balaban J connectivity index is 2.27. The van der Waals surface area contributed by atoms with E-state index in [1.165, 1.54) is 0 Å². The summed E-state index contributed by atoms with van der Waals surface area (Å²) >= 11 is 0. The van der Waals surface area contributed by atoms with Crippen molar-refractivity contribution in [3.8, 4) is 0 Å². The minimum atomic E-state index is -0.0200. The zero-order chi connectivity index (χ0) is 10.8. The number of nitrogens with one attached hydrogen (secondary N) is 1. The lowest BCUT2D eigenvalue weighted by molar-refractivity contribution is -0.115. The predicted octanol–water partition coefficient (Wildman–Crippen LogP) is 0.713. The third kappa shape index (κ3) is 1.89. The number of amides is 1. The smallest absolute Gasteiger partial charge is 0.228 e. The number of fused-ring (bicyclic) bond motifs is 1. The van der Waals surface area contributed by atoms with Crippen LogP contribution in [0.25, 0.3) is 0 Å². The van der Waals surface area contributed by atoms with E-state index >= 15 is 0 Å². The van der Waals surface area contributed by atoms with Crippen LogP contribution in [0.5, 0.6) is 0 Å². The van der Waals surface area contributed by atoms with Crippen LogP contribution in [0.3, 0.4) is 0 Å². The number of ketones is 1. The number of Topliss-reactive ketones (excluding diaryl/α,β-unsaturated/α-hetero) is 1. The molecule has 1 amide bonds. The topological polar surface area (TPSA) is 72.2 Å². The van der Waals surface area contributed by atoms with Gasteiger partial charge in [0.15, 0.2) is 5.78 Å². The van der Waals surface area contributed by atoms with Gasteiger partial charge in [0, 0.05) is 17.7 Å². The summed E-state index contributed by atoms with van der Waals surface area (Å²) in [7, 11) is 0. The number of rotatable bonds is 3. The van der Waals surface area contributed by atoms with Gasteiger partial charge in [0.1, 0.15) is 0 Å². The lowest BCUT2D eigenvalue weighted by Gasteiger charge is -2.02. The van der Waals surface area contributed by atoms with Gasteiger partial charge in [0.25, 0.3) is 0 Å². The minimum Gasteiger partial charge on any atom is -0.330 e. The summed E-state index contributed by atoms with van der Waals surface area (Å²) in [5, 5.41) is 2.72. The third-order valence-corrected chi connectivity index (χ3v) is 2.42. The Labute approximate surface area is 87.5 Å². The van der Waals surface area contributed by atoms with Crippen LogP contribution < -0.4 is 11.1 Å². The van der Waals surface area contributed by atoms with Crippen LogP contribution in [0.4, 0.5) is 5.69 Å². The van der Waals surface area contributed by atoms with Crippen LogP contribution in [0.2, 0.25) is 0 Å². The van der Waals surface area contributed by atoms with E-state index in [1.807, 2.05) is 0 Å². The Morgan fingerprint density at radius 3 is 3.00 bits per heavy atom. The van der Waals surface area contributed by atoms with Crippen molar-refractivity contribution in [3.63, 3.8) is 0 Å². The molecule has 0 radical (unpaired) electrons. The molecule has 0 aliphatic carbocycles. The van der Waals surface area contributed by atoms with Crippen molar-refractivity contribution in [3.05, 3.63) is 29.3 Å². The van der Waals surface area contributed by atoms with Crippen molar-refractivity contribution in [1.29, 1.82) is 0 Å². The molecule has 1 heterocycles. The lowest BCUT2D eigenvalue weighted by atomic mass is 10.0. The number of carbonyl (C=O) groups is 2. The standard InChI is InChI=1S/C11H12N2O2/c12-4-3-10(14)7-1-2-9-8(5-7)6-11(15)13-9/h1-2,5H,3-4,6,12H2,(H,13,15). The van der Waals surface area contributed by atoms with Crippen LogP contribution in [0.15, 0.2) is 18.2 Å². The molecule has 0 unspecified atom stereocenters. The second-order valence-corrected chi connectivity index (χ2v) is 3.56. The number of nitrogens with two attached hydrogens (primary N) is 1. The highest BCUT2D eigenvalue weighted by molar-refractivity contribution is 6.02. The molecule has 4 nitrogen and oxygen atoms in total. The summed E-state index contributed by atoms with van der Waals surface area (Å²) < 4.78 is 0. The molecule has 0 saturated carbocycles. The van der Waals surface area contributed by atoms with Crippen molar-refractivity contribution < 1.29 is 9.59 Å². The van der Waals surface area contributed by atoms with Gasteiger partial charge in [0.05, 0.1) is 6.42 Å². The van der Waals surface area contributed by atoms with E-state index in [4.69, 9.17) is 5.73 Å². The number of hydrogen-bond donors (Lipinski definition) is 2. The monoisotopic (exact) mass is 204 g/mol. The molecule has 1 aromatic carbocycles. The molecule has 1 aliphatic rings. The first-order valence-electron chi connectivity index (χ1n) is 4.87. The van der Waals surface area contributed by atoms with Gasteiger partial charge in [-0.25, -0.2) is 0 Å². The largest absolute Gasteiger partial charge is 0.330 e. The quantitative estimate of drug-likeness (QED) is 0.712. The first-order valence-corrected chi connectivity index (χ1v) is 4.87. The van der Waals surface area contributed by atoms with Gasteiger partial charge >= 0.3 is 0 Å². The number of carbonyl (C=O) groups excluding carboxylic acids is 2. The van der Waals surface area contributed by atoms with Gasteiger partial charge in [0.2, 0.25) is 5.91 Å². The second-order valence-electron chi connectivity index (χ2n) is 3.56. The van der Waals surface area contributed by atoms with E-state index in [-0.39, 0.29) is 11.7 Å². The van der Waals surface area contributed by atoms with Crippen LogP contribution in [-0.2, 0) is 11.2 Å². The number of benzene rings is 1. The Morgan fingerprint density at radius 2 is 2.27 bits per heavy atom. The van der Waals surface area contributed by atoms with Gasteiger partial charge in [-0.15, -0.1) is 0 Å². The molecular formula is C11H12N2O2. The second kappa shape index (κ2) is 3.82. The lowest BCUT2D eigenvalue weighted by Crippen LogP contribution is -2.08. The molecule has 0 aromatic heterocycles. The van der Waals surface area contributed by atoms with E-state index in [0.717, 1.165) is 11.3 Å². The average molecular weight is 204 g/mol. The summed E-state index contributed by atoms with van der Waals surface area (Å²) in [4.78, 5) is 22.6. The van der Waals surface area contributed by atoms with Gasteiger partial charge in [-0.1, -0.05) is 0 Å². The maximum absolute atomic E-state index is 11.5. The molecule has 0 spiro atoms. The summed E-state index contributed by atoms with van der Waals surface area (Å²) in [6, 6.07) is 5.26. The number of hydrogen-bond acceptors (Lipinski definition) is 3. The van der Waals surface area contributed by atoms with E-state index in [0.29, 0.717) is 24.9 Å². The Hall–Kier alpha value is -1.68. The maximum Gasteiger partial charge on any atom is 0.228 e. The zero-order valence-corrected chi connectivity index (χ0v) is 8.25. The summed E-state index contributed by atoms with van der Waals surface area (Å²) in [6.07, 6.45) is 0.708. The molecule has 78 valence electrons. The van der Waals surface area contributed by atoms with Crippen molar-refractivity contribution in [2.45, 2.75) is 12.8 Å². The Bertz CT molecular complexity index is 427. The fourth-order valence-corrected chi connectivity index (χ4v) is 1.68. The van der Waals surface area contributed by atoms with Gasteiger partial charge in [-0.2, -0.15) is 0 Å². The van der Waals surface area contributed by atoms with E-state index in [9.17, 15) is 9.59 Å². The molecule has 2 rings (SSSR count). The fraction of sp³-hybridized carbons (Fsp3) is 0.273. The molecule has 4 heteroatoms. The molecule has 15 heavy (non-hydrogen) atoms. The SMILES string of the molecule is NCCC(=O)c1ccc2c(c1)CC(=O)N2. The van der Waals surface area contributed by atoms with Crippen LogP contribution in [0, 0.1) is 0 Å². The van der Waals surface area contributed by atoms with Crippen molar-refractivity contribution in [2.75, 3.05) is 11.9 Å². The summed E-state index contributed by atoms with van der Waals surface area (Å²) in [5.41, 5.74) is 7.65. The highest BCUT2D eigenvalue weighted by atomic mass is 16.1. The molecule has 0 atom stereocenters. The van der Waals surface area contributed by atoms with Crippen LogP contribution in [0.1, 0.15) is 22.3 Å². The molecule has 3 N–H and O–H groups in total.